The highest BCUT2D eigenvalue weighted by Crippen LogP contribution is 2.35. The maximum atomic E-state index is 12.8. The van der Waals surface area contributed by atoms with Gasteiger partial charge in [0, 0.05) is 33.7 Å². The highest BCUT2D eigenvalue weighted by molar-refractivity contribution is 8.18. The Balaban J connectivity index is 1.52. The first kappa shape index (κ1) is 24.0. The van der Waals surface area contributed by atoms with Crippen LogP contribution in [0.3, 0.4) is 0 Å². The predicted octanol–water partition coefficient (Wildman–Crippen LogP) is 8.16. The summed E-state index contributed by atoms with van der Waals surface area (Å²) in [6.45, 7) is 4.60. The van der Waals surface area contributed by atoms with E-state index in [0.29, 0.717) is 31.7 Å². The summed E-state index contributed by atoms with van der Waals surface area (Å²) in [5, 5.41) is 6.18. The molecule has 3 aromatic carbocycles. The second-order valence-corrected chi connectivity index (χ2v) is 10.5. The van der Waals surface area contributed by atoms with Gasteiger partial charge in [-0.2, -0.15) is 0 Å². The van der Waals surface area contributed by atoms with E-state index in [9.17, 15) is 4.79 Å². The van der Waals surface area contributed by atoms with Crippen LogP contribution in [0.4, 0.5) is 5.69 Å². The van der Waals surface area contributed by atoms with Crippen molar-refractivity contribution >= 4 is 80.3 Å². The van der Waals surface area contributed by atoms with Crippen LogP contribution in [0.25, 0.3) is 17.0 Å². The van der Waals surface area contributed by atoms with E-state index in [1.54, 1.807) is 0 Å². The van der Waals surface area contributed by atoms with Crippen molar-refractivity contribution in [3.05, 3.63) is 103 Å². The van der Waals surface area contributed by atoms with Crippen LogP contribution >= 0.6 is 46.6 Å². The van der Waals surface area contributed by atoms with Crippen molar-refractivity contribution in [1.29, 1.82) is 0 Å². The van der Waals surface area contributed by atoms with Crippen molar-refractivity contribution < 1.29 is 4.79 Å². The fraction of sp³-hybridized carbons (Fsp3) is 0.111. The lowest BCUT2D eigenvalue weighted by molar-refractivity contribution is -0.115. The SMILES string of the molecule is Cc1c(Cl)cccc1N=C1NC(=O)/C(=C/c2c(C)n(Cc3ccc(Cl)c(Cl)c3)c3ccccc23)S1. The largest absolute Gasteiger partial charge is 0.340 e. The third kappa shape index (κ3) is 4.74. The van der Waals surface area contributed by atoms with Gasteiger partial charge >= 0.3 is 0 Å². The van der Waals surface area contributed by atoms with Crippen molar-refractivity contribution in [3.63, 3.8) is 0 Å². The highest BCUT2D eigenvalue weighted by atomic mass is 35.5. The fourth-order valence-corrected chi connectivity index (χ4v) is 5.41. The number of nitrogens with zero attached hydrogens (tertiary/aromatic N) is 2. The van der Waals surface area contributed by atoms with Gasteiger partial charge in [-0.3, -0.25) is 4.79 Å². The molecule has 0 bridgehead atoms. The zero-order valence-corrected chi connectivity index (χ0v) is 22.0. The summed E-state index contributed by atoms with van der Waals surface area (Å²) >= 11 is 19.9. The van der Waals surface area contributed by atoms with Crippen molar-refractivity contribution in [2.24, 2.45) is 4.99 Å². The Kier molecular flexibility index (Phi) is 6.69. The van der Waals surface area contributed by atoms with Gasteiger partial charge in [-0.15, -0.1) is 0 Å². The zero-order chi connectivity index (χ0) is 24.7. The number of fused-ring (bicyclic) bond motifs is 1. The molecule has 0 unspecified atom stereocenters. The summed E-state index contributed by atoms with van der Waals surface area (Å²) in [7, 11) is 0. The predicted molar refractivity (Wildman–Crippen MR) is 149 cm³/mol. The maximum Gasteiger partial charge on any atom is 0.264 e. The number of benzene rings is 3. The number of aromatic nitrogens is 1. The Morgan fingerprint density at radius 2 is 1.77 bits per heavy atom. The van der Waals surface area contributed by atoms with E-state index in [1.807, 2.05) is 61.5 Å². The Hall–Kier alpha value is -2.70. The molecule has 1 amide bonds. The van der Waals surface area contributed by atoms with Gasteiger partial charge in [0.25, 0.3) is 5.91 Å². The van der Waals surface area contributed by atoms with E-state index in [1.165, 1.54) is 11.8 Å². The third-order valence-corrected chi connectivity index (χ3v) is 8.05. The van der Waals surface area contributed by atoms with Crippen LogP contribution in [0.15, 0.2) is 70.6 Å². The monoisotopic (exact) mass is 539 g/mol. The zero-order valence-electron chi connectivity index (χ0n) is 18.9. The number of halogens is 3. The van der Waals surface area contributed by atoms with Gasteiger partial charge in [0.2, 0.25) is 0 Å². The molecule has 176 valence electrons. The number of amidine groups is 1. The highest BCUT2D eigenvalue weighted by Gasteiger charge is 2.25. The van der Waals surface area contributed by atoms with Gasteiger partial charge in [-0.1, -0.05) is 65.1 Å². The lowest BCUT2D eigenvalue weighted by atomic mass is 10.1. The number of hydrogen-bond donors (Lipinski definition) is 1. The Labute approximate surface area is 222 Å². The normalized spacial score (nSPS) is 16.0. The molecular formula is C27H20Cl3N3OS. The summed E-state index contributed by atoms with van der Waals surface area (Å²) in [6.07, 6.45) is 1.94. The van der Waals surface area contributed by atoms with Crippen molar-refractivity contribution in [3.8, 4) is 0 Å². The average Bonchev–Trinajstić information content (AvgIpc) is 3.31. The van der Waals surface area contributed by atoms with Crippen LogP contribution in [-0.4, -0.2) is 15.6 Å². The molecule has 1 saturated heterocycles. The number of carbonyl (C=O) groups excluding carboxylic acids is 1. The number of para-hydroxylation sites is 1. The second kappa shape index (κ2) is 9.75. The van der Waals surface area contributed by atoms with Crippen LogP contribution in [0.1, 0.15) is 22.4 Å². The molecule has 4 nitrogen and oxygen atoms in total. The van der Waals surface area contributed by atoms with Crippen molar-refractivity contribution in [2.45, 2.75) is 20.4 Å². The molecular weight excluding hydrogens is 521 g/mol. The molecule has 4 aromatic rings. The van der Waals surface area contributed by atoms with Gasteiger partial charge < -0.3 is 9.88 Å². The molecule has 5 rings (SSSR count). The molecule has 0 radical (unpaired) electrons. The van der Waals surface area contributed by atoms with E-state index >= 15 is 0 Å². The first-order chi connectivity index (χ1) is 16.8. The molecule has 1 aliphatic rings. The molecule has 1 aliphatic heterocycles. The molecule has 1 fully saturated rings. The standard InChI is InChI=1S/C27H20Cl3N3OS/c1-15-20(28)7-5-8-23(15)31-27-32-26(34)25(35-27)13-19-16(2)33(24-9-4-3-6-18(19)24)14-17-10-11-21(29)22(30)12-17/h3-13H,14H2,1-2H3,(H,31,32,34)/b25-13-. The van der Waals surface area contributed by atoms with Crippen LogP contribution < -0.4 is 5.32 Å². The quantitative estimate of drug-likeness (QED) is 0.265. The third-order valence-electron chi connectivity index (χ3n) is 5.99. The van der Waals surface area contributed by atoms with E-state index in [2.05, 4.69) is 33.9 Å². The van der Waals surface area contributed by atoms with Crippen LogP contribution in [0.5, 0.6) is 0 Å². The van der Waals surface area contributed by atoms with Gasteiger partial charge in [0.1, 0.15) is 0 Å². The number of rotatable bonds is 4. The molecule has 0 aliphatic carbocycles. The number of amides is 1. The Bertz CT molecular complexity index is 1560. The van der Waals surface area contributed by atoms with Gasteiger partial charge in [-0.05, 0) is 73.1 Å². The fourth-order valence-electron chi connectivity index (χ4n) is 4.10. The topological polar surface area (TPSA) is 46.4 Å². The van der Waals surface area contributed by atoms with Crippen molar-refractivity contribution in [1.82, 2.24) is 9.88 Å². The van der Waals surface area contributed by atoms with Crippen LogP contribution in [0.2, 0.25) is 15.1 Å². The summed E-state index contributed by atoms with van der Waals surface area (Å²) < 4.78 is 2.23. The van der Waals surface area contributed by atoms with Gasteiger partial charge in [0.15, 0.2) is 5.17 Å². The number of carbonyl (C=O) groups is 1. The first-order valence-electron chi connectivity index (χ1n) is 10.9. The van der Waals surface area contributed by atoms with E-state index in [-0.39, 0.29) is 5.91 Å². The minimum Gasteiger partial charge on any atom is -0.340 e. The minimum absolute atomic E-state index is 0.172. The maximum absolute atomic E-state index is 12.8. The Morgan fingerprint density at radius 1 is 0.971 bits per heavy atom. The summed E-state index contributed by atoms with van der Waals surface area (Å²) in [5.74, 6) is -0.172. The van der Waals surface area contributed by atoms with Gasteiger partial charge in [0.05, 0.1) is 20.6 Å². The first-order valence-corrected chi connectivity index (χ1v) is 12.8. The minimum atomic E-state index is -0.172. The molecule has 0 spiro atoms. The lowest BCUT2D eigenvalue weighted by Crippen LogP contribution is -2.19. The molecule has 0 saturated carbocycles. The Morgan fingerprint density at radius 3 is 2.57 bits per heavy atom. The van der Waals surface area contributed by atoms with E-state index in [0.717, 1.165) is 39.0 Å². The number of aliphatic imine (C=N–C) groups is 1. The molecule has 8 heteroatoms. The summed E-state index contributed by atoms with van der Waals surface area (Å²) in [6, 6.07) is 19.4. The number of nitrogens with one attached hydrogen (secondary N) is 1. The smallest absolute Gasteiger partial charge is 0.264 e. The second-order valence-electron chi connectivity index (χ2n) is 8.22. The van der Waals surface area contributed by atoms with E-state index < -0.39 is 0 Å². The molecule has 0 atom stereocenters. The molecule has 1 aromatic heterocycles. The van der Waals surface area contributed by atoms with Crippen LogP contribution in [-0.2, 0) is 11.3 Å². The molecule has 35 heavy (non-hydrogen) atoms. The van der Waals surface area contributed by atoms with Crippen LogP contribution in [0, 0.1) is 13.8 Å². The van der Waals surface area contributed by atoms with Crippen molar-refractivity contribution in [2.75, 3.05) is 0 Å². The summed E-state index contributed by atoms with van der Waals surface area (Å²) in [4.78, 5) is 18.0. The number of hydrogen-bond acceptors (Lipinski definition) is 3. The molecule has 2 heterocycles. The van der Waals surface area contributed by atoms with Gasteiger partial charge in [-0.25, -0.2) is 4.99 Å². The summed E-state index contributed by atoms with van der Waals surface area (Å²) in [5.41, 5.74) is 5.77. The molecule has 1 N–H and O–H groups in total. The lowest BCUT2D eigenvalue weighted by Gasteiger charge is -2.10. The number of thioether (sulfide) groups is 1. The van der Waals surface area contributed by atoms with E-state index in [4.69, 9.17) is 34.8 Å². The average molecular weight is 541 g/mol.